The molecule has 140 valence electrons. The maximum absolute atomic E-state index is 11.9. The van der Waals surface area contributed by atoms with E-state index in [0.717, 1.165) is 39.9 Å². The minimum atomic E-state index is -0.326. The van der Waals surface area contributed by atoms with Crippen LogP contribution in [0.15, 0.2) is 39.5 Å². The van der Waals surface area contributed by atoms with Crippen LogP contribution in [0, 0.1) is 6.92 Å². The fraction of sp³-hybridized carbons (Fsp3) is 0.286. The number of fused-ring (bicyclic) bond motifs is 2. The van der Waals surface area contributed by atoms with Gasteiger partial charge < -0.3 is 18.8 Å². The average Bonchev–Trinajstić information content (AvgIpc) is 2.67. The zero-order valence-electron chi connectivity index (χ0n) is 15.5. The number of anilines is 1. The molecule has 0 bridgehead atoms. The third-order valence-electron chi connectivity index (χ3n) is 4.98. The standard InChI is InChI=1S/C21H20ClNO4/c1-4-13-8-19(24)27-21-12(2)20-14(7-16(13)21)10-23(11-26-20)15-5-6-18(25-3)17(22)9-15/h5-9H,4,10-11H2,1-3H3. The molecule has 0 saturated carbocycles. The Hall–Kier alpha value is -2.66. The van der Waals surface area contributed by atoms with Crippen LogP contribution in [0.25, 0.3) is 11.0 Å². The molecule has 4 rings (SSSR count). The van der Waals surface area contributed by atoms with Gasteiger partial charge in [0, 0.05) is 34.8 Å². The van der Waals surface area contributed by atoms with Crippen LogP contribution in [-0.2, 0) is 13.0 Å². The molecule has 3 aromatic rings. The van der Waals surface area contributed by atoms with Gasteiger partial charge in [0.2, 0.25) is 0 Å². The predicted molar refractivity (Wildman–Crippen MR) is 106 cm³/mol. The largest absolute Gasteiger partial charge is 0.495 e. The first kappa shape index (κ1) is 17.7. The summed E-state index contributed by atoms with van der Waals surface area (Å²) in [6.07, 6.45) is 0.763. The van der Waals surface area contributed by atoms with Crippen molar-refractivity contribution in [1.29, 1.82) is 0 Å². The second-order valence-corrected chi connectivity index (χ2v) is 7.01. The maximum Gasteiger partial charge on any atom is 0.336 e. The second kappa shape index (κ2) is 6.82. The summed E-state index contributed by atoms with van der Waals surface area (Å²) in [5.74, 6) is 1.43. The van der Waals surface area contributed by atoms with E-state index < -0.39 is 0 Å². The van der Waals surface area contributed by atoms with Gasteiger partial charge >= 0.3 is 5.63 Å². The lowest BCUT2D eigenvalue weighted by molar-refractivity contribution is 0.287. The second-order valence-electron chi connectivity index (χ2n) is 6.60. The molecule has 0 fully saturated rings. The summed E-state index contributed by atoms with van der Waals surface area (Å²) >= 11 is 6.27. The molecule has 0 saturated heterocycles. The molecule has 6 heteroatoms. The molecular weight excluding hydrogens is 366 g/mol. The Morgan fingerprint density at radius 3 is 2.78 bits per heavy atom. The van der Waals surface area contributed by atoms with E-state index in [0.29, 0.717) is 29.6 Å². The van der Waals surface area contributed by atoms with Crippen LogP contribution >= 0.6 is 11.6 Å². The van der Waals surface area contributed by atoms with E-state index in [2.05, 4.69) is 11.0 Å². The lowest BCUT2D eigenvalue weighted by Gasteiger charge is -2.32. The van der Waals surface area contributed by atoms with Gasteiger partial charge in [0.1, 0.15) is 17.1 Å². The summed E-state index contributed by atoms with van der Waals surface area (Å²) < 4.78 is 16.7. The fourth-order valence-corrected chi connectivity index (χ4v) is 3.85. The first-order valence-electron chi connectivity index (χ1n) is 8.82. The number of nitrogens with zero attached hydrogens (tertiary/aromatic N) is 1. The van der Waals surface area contributed by atoms with Gasteiger partial charge in [-0.3, -0.25) is 0 Å². The van der Waals surface area contributed by atoms with Crippen molar-refractivity contribution in [2.24, 2.45) is 0 Å². The number of ether oxygens (including phenoxy) is 2. The summed E-state index contributed by atoms with van der Waals surface area (Å²) in [7, 11) is 1.60. The van der Waals surface area contributed by atoms with Gasteiger partial charge in [-0.2, -0.15) is 0 Å². The van der Waals surface area contributed by atoms with Gasteiger partial charge in [-0.05, 0) is 43.2 Å². The molecule has 0 unspecified atom stereocenters. The highest BCUT2D eigenvalue weighted by molar-refractivity contribution is 6.32. The van der Waals surface area contributed by atoms with Crippen LogP contribution in [0.2, 0.25) is 5.02 Å². The molecule has 2 heterocycles. The summed E-state index contributed by atoms with van der Waals surface area (Å²) in [5.41, 5.74) is 4.15. The van der Waals surface area contributed by atoms with Crippen molar-refractivity contribution in [2.75, 3.05) is 18.7 Å². The SMILES string of the molecule is CCc1cc(=O)oc2c(C)c3c(cc12)CN(c1ccc(OC)c(Cl)c1)CO3. The molecular formula is C21H20ClNO4. The van der Waals surface area contributed by atoms with E-state index in [1.807, 2.05) is 32.0 Å². The first-order chi connectivity index (χ1) is 13.0. The van der Waals surface area contributed by atoms with Crippen molar-refractivity contribution < 1.29 is 13.9 Å². The van der Waals surface area contributed by atoms with E-state index in [1.165, 1.54) is 0 Å². The molecule has 1 aliphatic heterocycles. The predicted octanol–water partition coefficient (Wildman–Crippen LogP) is 4.68. The summed E-state index contributed by atoms with van der Waals surface area (Å²) in [6, 6.07) is 9.32. The Morgan fingerprint density at radius 2 is 2.07 bits per heavy atom. The molecule has 0 amide bonds. The van der Waals surface area contributed by atoms with Crippen molar-refractivity contribution in [2.45, 2.75) is 26.8 Å². The van der Waals surface area contributed by atoms with E-state index >= 15 is 0 Å². The zero-order valence-corrected chi connectivity index (χ0v) is 16.2. The highest BCUT2D eigenvalue weighted by atomic mass is 35.5. The minimum absolute atomic E-state index is 0.326. The van der Waals surface area contributed by atoms with Crippen LogP contribution in [0.3, 0.4) is 0 Å². The Kier molecular flexibility index (Phi) is 4.48. The van der Waals surface area contributed by atoms with Crippen LogP contribution in [0.4, 0.5) is 5.69 Å². The molecule has 1 aliphatic rings. The molecule has 0 radical (unpaired) electrons. The van der Waals surface area contributed by atoms with Crippen molar-refractivity contribution in [3.63, 3.8) is 0 Å². The minimum Gasteiger partial charge on any atom is -0.495 e. The highest BCUT2D eigenvalue weighted by Crippen LogP contribution is 2.38. The molecule has 0 atom stereocenters. The van der Waals surface area contributed by atoms with Crippen LogP contribution < -0.4 is 20.0 Å². The first-order valence-corrected chi connectivity index (χ1v) is 9.20. The summed E-state index contributed by atoms with van der Waals surface area (Å²) in [5, 5.41) is 1.53. The molecule has 27 heavy (non-hydrogen) atoms. The Bertz CT molecular complexity index is 1090. The number of benzene rings is 2. The van der Waals surface area contributed by atoms with Crippen molar-refractivity contribution in [3.8, 4) is 11.5 Å². The van der Waals surface area contributed by atoms with Gasteiger partial charge in [-0.15, -0.1) is 0 Å². The maximum atomic E-state index is 11.9. The van der Waals surface area contributed by atoms with Gasteiger partial charge in [0.05, 0.1) is 12.1 Å². The highest BCUT2D eigenvalue weighted by Gasteiger charge is 2.23. The monoisotopic (exact) mass is 385 g/mol. The Morgan fingerprint density at radius 1 is 1.26 bits per heavy atom. The fourth-order valence-electron chi connectivity index (χ4n) is 3.59. The van der Waals surface area contributed by atoms with Crippen LogP contribution in [0.5, 0.6) is 11.5 Å². The van der Waals surface area contributed by atoms with Crippen molar-refractivity contribution in [3.05, 3.63) is 62.5 Å². The van der Waals surface area contributed by atoms with E-state index in [1.54, 1.807) is 13.2 Å². The van der Waals surface area contributed by atoms with Gasteiger partial charge in [0.25, 0.3) is 0 Å². The number of hydrogen-bond donors (Lipinski definition) is 0. The van der Waals surface area contributed by atoms with Crippen molar-refractivity contribution in [1.82, 2.24) is 0 Å². The normalized spacial score (nSPS) is 13.4. The van der Waals surface area contributed by atoms with Gasteiger partial charge in [0.15, 0.2) is 6.73 Å². The van der Waals surface area contributed by atoms with Crippen LogP contribution in [-0.4, -0.2) is 13.8 Å². The van der Waals surface area contributed by atoms with Crippen LogP contribution in [0.1, 0.15) is 23.6 Å². The summed E-state index contributed by atoms with van der Waals surface area (Å²) in [4.78, 5) is 14.0. The molecule has 1 aromatic heterocycles. The topological polar surface area (TPSA) is 51.9 Å². The molecule has 0 aliphatic carbocycles. The molecule has 5 nitrogen and oxygen atoms in total. The number of halogens is 1. The average molecular weight is 386 g/mol. The third-order valence-corrected chi connectivity index (χ3v) is 5.28. The van der Waals surface area contributed by atoms with E-state index in [-0.39, 0.29) is 5.63 Å². The summed E-state index contributed by atoms with van der Waals surface area (Å²) in [6.45, 7) is 5.03. The Labute approximate surface area is 162 Å². The van der Waals surface area contributed by atoms with E-state index in [9.17, 15) is 4.79 Å². The molecule has 0 N–H and O–H groups in total. The quantitative estimate of drug-likeness (QED) is 0.612. The lowest BCUT2D eigenvalue weighted by atomic mass is 9.99. The van der Waals surface area contributed by atoms with Gasteiger partial charge in [-0.1, -0.05) is 18.5 Å². The Balaban J connectivity index is 1.78. The number of hydrogen-bond acceptors (Lipinski definition) is 5. The smallest absolute Gasteiger partial charge is 0.336 e. The number of methoxy groups -OCH3 is 1. The molecule has 0 spiro atoms. The van der Waals surface area contributed by atoms with E-state index in [4.69, 9.17) is 25.5 Å². The zero-order chi connectivity index (χ0) is 19.1. The van der Waals surface area contributed by atoms with Gasteiger partial charge in [-0.25, -0.2) is 4.79 Å². The molecule has 2 aromatic carbocycles. The number of aryl methyl sites for hydroxylation is 2. The van der Waals surface area contributed by atoms with Crippen molar-refractivity contribution >= 4 is 28.3 Å². The lowest BCUT2D eigenvalue weighted by Crippen LogP contribution is -2.32. The number of rotatable bonds is 3. The third kappa shape index (κ3) is 3.02.